The van der Waals surface area contributed by atoms with E-state index in [1.165, 1.54) is 11.3 Å². The van der Waals surface area contributed by atoms with Gasteiger partial charge in [0.25, 0.3) is 0 Å². The first-order chi connectivity index (χ1) is 8.55. The molecule has 1 amide bonds. The summed E-state index contributed by atoms with van der Waals surface area (Å²) < 4.78 is 0. The van der Waals surface area contributed by atoms with Crippen molar-refractivity contribution in [1.29, 1.82) is 0 Å². The molecule has 1 fully saturated rings. The van der Waals surface area contributed by atoms with Crippen LogP contribution >= 0.6 is 11.3 Å². The second kappa shape index (κ2) is 5.10. The van der Waals surface area contributed by atoms with Crippen molar-refractivity contribution >= 4 is 23.2 Å². The van der Waals surface area contributed by atoms with E-state index in [9.17, 15) is 14.7 Å². The zero-order chi connectivity index (χ0) is 13.2. The molecule has 1 atom stereocenters. The molecular formula is C13H17NO3S. The molecule has 0 aromatic carbocycles. The van der Waals surface area contributed by atoms with Crippen LogP contribution in [0, 0.1) is 0 Å². The van der Waals surface area contributed by atoms with Crippen LogP contribution in [-0.4, -0.2) is 22.5 Å². The van der Waals surface area contributed by atoms with Crippen molar-refractivity contribution in [1.82, 2.24) is 5.32 Å². The second-order valence-electron chi connectivity index (χ2n) is 4.82. The molecule has 1 saturated carbocycles. The Morgan fingerprint density at radius 1 is 1.44 bits per heavy atom. The first-order valence-corrected chi connectivity index (χ1v) is 7.02. The number of aliphatic carboxylic acids is 1. The number of amides is 1. The van der Waals surface area contributed by atoms with Crippen molar-refractivity contribution in [3.05, 3.63) is 22.4 Å². The first kappa shape index (κ1) is 13.1. The smallest absolute Gasteiger partial charge is 0.329 e. The van der Waals surface area contributed by atoms with E-state index in [1.54, 1.807) is 0 Å². The number of carboxylic acid groups (broad SMARTS) is 1. The van der Waals surface area contributed by atoms with Gasteiger partial charge in [-0.05, 0) is 31.2 Å². The average molecular weight is 267 g/mol. The maximum atomic E-state index is 12.1. The Bertz CT molecular complexity index is 435. The highest BCUT2D eigenvalue weighted by Crippen LogP contribution is 2.31. The van der Waals surface area contributed by atoms with Gasteiger partial charge in [-0.2, -0.15) is 0 Å². The van der Waals surface area contributed by atoms with Gasteiger partial charge < -0.3 is 10.4 Å². The number of nitrogens with one attached hydrogen (secondary N) is 1. The molecule has 0 bridgehead atoms. The number of carboxylic acids is 1. The average Bonchev–Trinajstić information content (AvgIpc) is 2.99. The van der Waals surface area contributed by atoms with Gasteiger partial charge in [0.15, 0.2) is 0 Å². The predicted octanol–water partition coefficient (Wildman–Crippen LogP) is 2.37. The molecule has 0 unspecified atom stereocenters. The number of hydrogen-bond donors (Lipinski definition) is 2. The van der Waals surface area contributed by atoms with Gasteiger partial charge in [0.05, 0.1) is 5.92 Å². The molecule has 1 heterocycles. The fraction of sp³-hybridized carbons (Fsp3) is 0.538. The number of carbonyl (C=O) groups is 2. The Kier molecular flexibility index (Phi) is 3.71. The van der Waals surface area contributed by atoms with Crippen LogP contribution in [0.2, 0.25) is 0 Å². The van der Waals surface area contributed by atoms with Gasteiger partial charge in [0.1, 0.15) is 5.54 Å². The fourth-order valence-corrected chi connectivity index (χ4v) is 3.16. The van der Waals surface area contributed by atoms with Crippen LogP contribution in [-0.2, 0) is 9.59 Å². The SMILES string of the molecule is C[C@H](C(=O)NC1(C(=O)O)CCCC1)c1cccs1. The van der Waals surface area contributed by atoms with E-state index in [2.05, 4.69) is 5.32 Å². The van der Waals surface area contributed by atoms with Crippen molar-refractivity contribution in [2.75, 3.05) is 0 Å². The van der Waals surface area contributed by atoms with E-state index >= 15 is 0 Å². The van der Waals surface area contributed by atoms with Gasteiger partial charge in [0.2, 0.25) is 5.91 Å². The molecule has 1 aliphatic rings. The standard InChI is InChI=1S/C13H17NO3S/c1-9(10-5-4-8-18-10)11(15)14-13(12(16)17)6-2-3-7-13/h4-5,8-9H,2-3,6-7H2,1H3,(H,14,15)(H,16,17)/t9-/m0/s1. The minimum absolute atomic E-state index is 0.193. The van der Waals surface area contributed by atoms with E-state index < -0.39 is 11.5 Å². The van der Waals surface area contributed by atoms with Crippen molar-refractivity contribution in [3.8, 4) is 0 Å². The Morgan fingerprint density at radius 2 is 2.11 bits per heavy atom. The van der Waals surface area contributed by atoms with Crippen LogP contribution in [0.1, 0.15) is 43.4 Å². The van der Waals surface area contributed by atoms with Crippen LogP contribution < -0.4 is 5.32 Å². The van der Waals surface area contributed by atoms with Gasteiger partial charge in [-0.15, -0.1) is 11.3 Å². The lowest BCUT2D eigenvalue weighted by atomic mass is 9.96. The highest BCUT2D eigenvalue weighted by atomic mass is 32.1. The van der Waals surface area contributed by atoms with Crippen molar-refractivity contribution in [2.45, 2.75) is 44.1 Å². The van der Waals surface area contributed by atoms with Gasteiger partial charge in [-0.25, -0.2) is 4.79 Å². The second-order valence-corrected chi connectivity index (χ2v) is 5.80. The summed E-state index contributed by atoms with van der Waals surface area (Å²) >= 11 is 1.52. The van der Waals surface area contributed by atoms with Crippen LogP contribution in [0.3, 0.4) is 0 Å². The maximum Gasteiger partial charge on any atom is 0.329 e. The van der Waals surface area contributed by atoms with Crippen molar-refractivity contribution in [3.63, 3.8) is 0 Å². The van der Waals surface area contributed by atoms with E-state index in [1.807, 2.05) is 24.4 Å². The predicted molar refractivity (Wildman–Crippen MR) is 69.7 cm³/mol. The molecule has 2 rings (SSSR count). The lowest BCUT2D eigenvalue weighted by Crippen LogP contribution is -2.53. The van der Waals surface area contributed by atoms with E-state index in [-0.39, 0.29) is 11.8 Å². The van der Waals surface area contributed by atoms with Gasteiger partial charge >= 0.3 is 5.97 Å². The third kappa shape index (κ3) is 2.41. The topological polar surface area (TPSA) is 66.4 Å². The molecule has 98 valence electrons. The summed E-state index contributed by atoms with van der Waals surface area (Å²) in [7, 11) is 0. The zero-order valence-corrected chi connectivity index (χ0v) is 11.1. The molecule has 5 heteroatoms. The third-order valence-electron chi connectivity index (χ3n) is 3.59. The Hall–Kier alpha value is -1.36. The molecular weight excluding hydrogens is 250 g/mol. The number of carbonyl (C=O) groups excluding carboxylic acids is 1. The van der Waals surface area contributed by atoms with E-state index in [0.29, 0.717) is 12.8 Å². The van der Waals surface area contributed by atoms with Crippen LogP contribution in [0.4, 0.5) is 0 Å². The van der Waals surface area contributed by atoms with Crippen LogP contribution in [0.15, 0.2) is 17.5 Å². The number of thiophene rings is 1. The molecule has 4 nitrogen and oxygen atoms in total. The molecule has 0 spiro atoms. The maximum absolute atomic E-state index is 12.1. The summed E-state index contributed by atoms with van der Waals surface area (Å²) in [6.45, 7) is 1.81. The molecule has 1 aromatic heterocycles. The largest absolute Gasteiger partial charge is 0.480 e. The van der Waals surface area contributed by atoms with E-state index in [0.717, 1.165) is 17.7 Å². The molecule has 1 aliphatic carbocycles. The van der Waals surface area contributed by atoms with E-state index in [4.69, 9.17) is 0 Å². The van der Waals surface area contributed by atoms with Gasteiger partial charge in [-0.1, -0.05) is 18.9 Å². The monoisotopic (exact) mass is 267 g/mol. The number of hydrogen-bond acceptors (Lipinski definition) is 3. The fourth-order valence-electron chi connectivity index (χ4n) is 2.38. The molecule has 2 N–H and O–H groups in total. The molecule has 1 aromatic rings. The minimum atomic E-state index is -1.04. The Morgan fingerprint density at radius 3 is 2.61 bits per heavy atom. The molecule has 18 heavy (non-hydrogen) atoms. The Labute approximate surface area is 110 Å². The normalized spacial score (nSPS) is 19.4. The van der Waals surface area contributed by atoms with Crippen molar-refractivity contribution in [2.24, 2.45) is 0 Å². The zero-order valence-electron chi connectivity index (χ0n) is 10.3. The highest BCUT2D eigenvalue weighted by molar-refractivity contribution is 7.10. The summed E-state index contributed by atoms with van der Waals surface area (Å²) in [5.74, 6) is -1.39. The van der Waals surface area contributed by atoms with Crippen LogP contribution in [0.25, 0.3) is 0 Å². The minimum Gasteiger partial charge on any atom is -0.480 e. The summed E-state index contributed by atoms with van der Waals surface area (Å²) in [5, 5.41) is 14.0. The first-order valence-electron chi connectivity index (χ1n) is 6.14. The quantitative estimate of drug-likeness (QED) is 0.880. The van der Waals surface area contributed by atoms with Gasteiger partial charge in [0, 0.05) is 4.88 Å². The Balaban J connectivity index is 2.08. The lowest BCUT2D eigenvalue weighted by molar-refractivity contribution is -0.147. The highest BCUT2D eigenvalue weighted by Gasteiger charge is 2.43. The lowest BCUT2D eigenvalue weighted by Gasteiger charge is -2.26. The van der Waals surface area contributed by atoms with Gasteiger partial charge in [-0.3, -0.25) is 4.79 Å². The summed E-state index contributed by atoms with van der Waals surface area (Å²) in [6.07, 6.45) is 2.79. The molecule has 0 saturated heterocycles. The molecule has 0 radical (unpaired) electrons. The third-order valence-corrected chi connectivity index (χ3v) is 4.65. The summed E-state index contributed by atoms with van der Waals surface area (Å²) in [5.41, 5.74) is -1.04. The number of rotatable bonds is 4. The van der Waals surface area contributed by atoms with Crippen LogP contribution in [0.5, 0.6) is 0 Å². The molecule has 0 aliphatic heterocycles. The van der Waals surface area contributed by atoms with Crippen molar-refractivity contribution < 1.29 is 14.7 Å². The summed E-state index contributed by atoms with van der Waals surface area (Å²) in [6, 6.07) is 3.79. The summed E-state index contributed by atoms with van der Waals surface area (Å²) in [4.78, 5) is 24.5.